The van der Waals surface area contributed by atoms with Crippen molar-refractivity contribution in [1.82, 2.24) is 4.31 Å². The minimum Gasteiger partial charge on any atom is -0.459 e. The first-order valence-electron chi connectivity index (χ1n) is 10.6. The summed E-state index contributed by atoms with van der Waals surface area (Å²) >= 11 is 12.3. The molecule has 4 aromatic rings. The van der Waals surface area contributed by atoms with Crippen molar-refractivity contribution in [3.05, 3.63) is 117 Å². The van der Waals surface area contributed by atoms with Crippen LogP contribution < -0.4 is 0 Å². The fourth-order valence-electron chi connectivity index (χ4n) is 3.31. The van der Waals surface area contributed by atoms with Crippen LogP contribution in [-0.2, 0) is 23.1 Å². The number of aryl methyl sites for hydroxylation is 1. The Bertz CT molecular complexity index is 1450. The van der Waals surface area contributed by atoms with Gasteiger partial charge in [-0.05, 0) is 73.2 Å². The third-order valence-electron chi connectivity index (χ3n) is 5.20. The van der Waals surface area contributed by atoms with Crippen molar-refractivity contribution in [2.75, 3.05) is 0 Å². The molecule has 180 valence electrons. The van der Waals surface area contributed by atoms with Gasteiger partial charge in [0.2, 0.25) is 10.0 Å². The van der Waals surface area contributed by atoms with Crippen LogP contribution in [0.1, 0.15) is 22.6 Å². The normalized spacial score (nSPS) is 12.0. The molecular formula is C26H21Cl2FN2O3S. The van der Waals surface area contributed by atoms with Crippen LogP contribution in [0.3, 0.4) is 0 Å². The van der Waals surface area contributed by atoms with Crippen molar-refractivity contribution in [3.63, 3.8) is 0 Å². The maximum absolute atomic E-state index is 13.5. The van der Waals surface area contributed by atoms with Gasteiger partial charge in [0.1, 0.15) is 17.3 Å². The lowest BCUT2D eigenvalue weighted by molar-refractivity contribution is 0.357. The number of nitrogens with zero attached hydrogens (tertiary/aromatic N) is 2. The van der Waals surface area contributed by atoms with Gasteiger partial charge >= 0.3 is 0 Å². The molecule has 4 rings (SSSR count). The Balaban J connectivity index is 1.61. The van der Waals surface area contributed by atoms with Gasteiger partial charge in [-0.15, -0.1) is 0 Å². The summed E-state index contributed by atoms with van der Waals surface area (Å²) < 4.78 is 47.3. The molecule has 0 amide bonds. The predicted octanol–water partition coefficient (Wildman–Crippen LogP) is 7.18. The second-order valence-corrected chi connectivity index (χ2v) is 10.6. The maximum atomic E-state index is 13.5. The summed E-state index contributed by atoms with van der Waals surface area (Å²) in [6, 6.07) is 20.7. The first-order valence-corrected chi connectivity index (χ1v) is 12.8. The Labute approximate surface area is 213 Å². The Morgan fingerprint density at radius 3 is 2.34 bits per heavy atom. The predicted molar refractivity (Wildman–Crippen MR) is 136 cm³/mol. The summed E-state index contributed by atoms with van der Waals surface area (Å²) in [7, 11) is -3.88. The van der Waals surface area contributed by atoms with E-state index in [4.69, 9.17) is 27.6 Å². The van der Waals surface area contributed by atoms with Gasteiger partial charge in [-0.1, -0.05) is 47.0 Å². The molecule has 35 heavy (non-hydrogen) atoms. The summed E-state index contributed by atoms with van der Waals surface area (Å²) in [6.07, 6.45) is 1.49. The molecule has 0 unspecified atom stereocenters. The number of benzene rings is 3. The zero-order chi connectivity index (χ0) is 25.0. The first kappa shape index (κ1) is 25.1. The number of hydrogen-bond donors (Lipinski definition) is 0. The van der Waals surface area contributed by atoms with Crippen LogP contribution in [-0.4, -0.2) is 18.9 Å². The van der Waals surface area contributed by atoms with Crippen LogP contribution >= 0.6 is 23.2 Å². The highest BCUT2D eigenvalue weighted by molar-refractivity contribution is 7.89. The van der Waals surface area contributed by atoms with E-state index in [0.717, 1.165) is 5.56 Å². The van der Waals surface area contributed by atoms with E-state index in [1.165, 1.54) is 22.7 Å². The van der Waals surface area contributed by atoms with Crippen molar-refractivity contribution in [2.24, 2.45) is 4.99 Å². The van der Waals surface area contributed by atoms with Gasteiger partial charge in [-0.25, -0.2) is 12.8 Å². The summed E-state index contributed by atoms with van der Waals surface area (Å²) in [6.45, 7) is 1.88. The highest BCUT2D eigenvalue weighted by Gasteiger charge is 2.26. The van der Waals surface area contributed by atoms with Crippen LogP contribution in [0.4, 0.5) is 10.1 Å². The van der Waals surface area contributed by atoms with Crippen molar-refractivity contribution < 1.29 is 17.2 Å². The van der Waals surface area contributed by atoms with Crippen molar-refractivity contribution in [1.29, 1.82) is 0 Å². The molecule has 3 aromatic carbocycles. The first-order chi connectivity index (χ1) is 16.7. The molecule has 1 heterocycles. The number of furan rings is 1. The molecule has 0 aliphatic rings. The van der Waals surface area contributed by atoms with E-state index in [9.17, 15) is 12.8 Å². The highest BCUT2D eigenvalue weighted by atomic mass is 35.5. The summed E-state index contributed by atoms with van der Waals surface area (Å²) in [5.41, 5.74) is 2.12. The average Bonchev–Trinajstić information content (AvgIpc) is 3.27. The van der Waals surface area contributed by atoms with Crippen LogP contribution in [0.25, 0.3) is 0 Å². The SMILES string of the molecule is Cc1ccc(S(=O)(=O)N(Cc2ccc(C=Nc3ccc(F)cc3)o2)Cc2ccc(Cl)cc2Cl)cc1. The van der Waals surface area contributed by atoms with Crippen LogP contribution in [0, 0.1) is 12.7 Å². The number of rotatable bonds is 8. The van der Waals surface area contributed by atoms with Crippen LogP contribution in [0.15, 0.2) is 93.2 Å². The average molecular weight is 531 g/mol. The van der Waals surface area contributed by atoms with Crippen molar-refractivity contribution >= 4 is 45.1 Å². The lowest BCUT2D eigenvalue weighted by Gasteiger charge is -2.22. The summed E-state index contributed by atoms with van der Waals surface area (Å²) in [5.74, 6) is 0.507. The van der Waals surface area contributed by atoms with E-state index in [1.54, 1.807) is 66.7 Å². The minimum atomic E-state index is -3.88. The quantitative estimate of drug-likeness (QED) is 0.226. The van der Waals surface area contributed by atoms with Crippen molar-refractivity contribution in [2.45, 2.75) is 24.9 Å². The highest BCUT2D eigenvalue weighted by Crippen LogP contribution is 2.27. The number of halogens is 3. The molecule has 1 aromatic heterocycles. The Hall–Kier alpha value is -2.97. The van der Waals surface area contributed by atoms with Crippen molar-refractivity contribution in [3.8, 4) is 0 Å². The summed E-state index contributed by atoms with van der Waals surface area (Å²) in [5, 5.41) is 0.830. The zero-order valence-corrected chi connectivity index (χ0v) is 21.0. The van der Waals surface area contributed by atoms with Gasteiger partial charge in [0.05, 0.1) is 23.3 Å². The third kappa shape index (κ3) is 6.38. The lowest BCUT2D eigenvalue weighted by atomic mass is 10.2. The smallest absolute Gasteiger partial charge is 0.243 e. The van der Waals surface area contributed by atoms with Crippen LogP contribution in [0.5, 0.6) is 0 Å². The third-order valence-corrected chi connectivity index (χ3v) is 7.60. The number of aliphatic imine (C=N–C) groups is 1. The summed E-state index contributed by atoms with van der Waals surface area (Å²) in [4.78, 5) is 4.42. The molecule has 0 spiro atoms. The van der Waals surface area contributed by atoms with E-state index in [2.05, 4.69) is 4.99 Å². The monoisotopic (exact) mass is 530 g/mol. The second-order valence-electron chi connectivity index (χ2n) is 7.86. The Kier molecular flexibility index (Phi) is 7.72. The molecule has 0 aliphatic heterocycles. The Morgan fingerprint density at radius 1 is 0.943 bits per heavy atom. The molecule has 0 aliphatic carbocycles. The van der Waals surface area contributed by atoms with E-state index in [0.29, 0.717) is 32.8 Å². The molecule has 0 atom stereocenters. The standard InChI is InChI=1S/C26H21Cl2FN2O3S/c1-18-2-12-25(13-3-18)35(32,33)31(16-19-4-5-20(27)14-26(19)28)17-24-11-10-23(34-24)15-30-22-8-6-21(29)7-9-22/h2-15H,16-17H2,1H3. The second kappa shape index (κ2) is 10.7. The van der Waals surface area contributed by atoms with E-state index in [1.807, 2.05) is 6.92 Å². The molecule has 0 radical (unpaired) electrons. The Morgan fingerprint density at radius 2 is 1.66 bits per heavy atom. The fourth-order valence-corrected chi connectivity index (χ4v) is 5.17. The fraction of sp³-hybridized carbons (Fsp3) is 0.115. The molecule has 0 N–H and O–H groups in total. The van der Waals surface area contributed by atoms with Crippen LogP contribution in [0.2, 0.25) is 10.0 Å². The van der Waals surface area contributed by atoms with Gasteiger partial charge < -0.3 is 4.42 Å². The number of sulfonamides is 1. The molecule has 0 saturated heterocycles. The van der Waals surface area contributed by atoms with Gasteiger partial charge in [0.25, 0.3) is 0 Å². The van der Waals surface area contributed by atoms with Gasteiger partial charge in [0, 0.05) is 16.6 Å². The molecule has 0 bridgehead atoms. The molecule has 9 heteroatoms. The van der Waals surface area contributed by atoms with Gasteiger partial charge in [0.15, 0.2) is 0 Å². The van der Waals surface area contributed by atoms with E-state index in [-0.39, 0.29) is 23.8 Å². The molecular weight excluding hydrogens is 510 g/mol. The maximum Gasteiger partial charge on any atom is 0.243 e. The van der Waals surface area contributed by atoms with Gasteiger partial charge in [-0.2, -0.15) is 4.31 Å². The minimum absolute atomic E-state index is 0.0198. The molecule has 0 saturated carbocycles. The zero-order valence-electron chi connectivity index (χ0n) is 18.7. The largest absolute Gasteiger partial charge is 0.459 e. The van der Waals surface area contributed by atoms with E-state index >= 15 is 0 Å². The number of hydrogen-bond acceptors (Lipinski definition) is 4. The molecule has 5 nitrogen and oxygen atoms in total. The van der Waals surface area contributed by atoms with E-state index < -0.39 is 10.0 Å². The molecule has 0 fully saturated rings. The lowest BCUT2D eigenvalue weighted by Crippen LogP contribution is -2.30. The van der Waals surface area contributed by atoms with Gasteiger partial charge in [-0.3, -0.25) is 4.99 Å². The topological polar surface area (TPSA) is 62.9 Å².